The van der Waals surface area contributed by atoms with Gasteiger partial charge in [-0.3, -0.25) is 4.99 Å². The van der Waals surface area contributed by atoms with Crippen LogP contribution in [-0.4, -0.2) is 19.0 Å². The van der Waals surface area contributed by atoms with Crippen LogP contribution in [0.4, 0.5) is 17.6 Å². The fourth-order valence-corrected chi connectivity index (χ4v) is 1.78. The van der Waals surface area contributed by atoms with Crippen molar-refractivity contribution in [3.8, 4) is 0 Å². The van der Waals surface area contributed by atoms with Crippen LogP contribution in [0.25, 0.3) is 0 Å². The van der Waals surface area contributed by atoms with Crippen LogP contribution in [0.1, 0.15) is 17.5 Å². The first-order chi connectivity index (χ1) is 8.45. The Hall–Kier alpha value is -1.59. The molecule has 0 aliphatic carbocycles. The second-order valence-electron chi connectivity index (χ2n) is 4.13. The molecule has 18 heavy (non-hydrogen) atoms. The Morgan fingerprint density at radius 3 is 2.67 bits per heavy atom. The zero-order valence-electron chi connectivity index (χ0n) is 9.38. The maximum Gasteiger partial charge on any atom is 0.416 e. The lowest BCUT2D eigenvalue weighted by Crippen LogP contribution is -2.09. The van der Waals surface area contributed by atoms with Crippen molar-refractivity contribution in [2.75, 3.05) is 6.61 Å². The standard InChI is InChI=1S/C12H11F4NO/c13-10-4-8(1-2-11-6-18-7-17-11)3-9(5-10)12(14,15)16/h3-5,7,11H,1-2,6H2. The van der Waals surface area contributed by atoms with Crippen molar-refractivity contribution < 1.29 is 22.3 Å². The molecular weight excluding hydrogens is 250 g/mol. The van der Waals surface area contributed by atoms with Gasteiger partial charge in [0.2, 0.25) is 0 Å². The van der Waals surface area contributed by atoms with Gasteiger partial charge in [0.1, 0.15) is 12.4 Å². The summed E-state index contributed by atoms with van der Waals surface area (Å²) in [6, 6.07) is 2.54. The first-order valence-electron chi connectivity index (χ1n) is 5.45. The summed E-state index contributed by atoms with van der Waals surface area (Å²) in [6.45, 7) is 0.432. The third kappa shape index (κ3) is 3.21. The zero-order valence-corrected chi connectivity index (χ0v) is 9.38. The van der Waals surface area contributed by atoms with E-state index in [0.717, 1.165) is 12.1 Å². The average Bonchev–Trinajstić information content (AvgIpc) is 2.77. The predicted molar refractivity (Wildman–Crippen MR) is 58.0 cm³/mol. The lowest BCUT2D eigenvalue weighted by atomic mass is 10.0. The van der Waals surface area contributed by atoms with Crippen molar-refractivity contribution in [3.05, 3.63) is 35.1 Å². The van der Waals surface area contributed by atoms with Crippen LogP contribution in [0.15, 0.2) is 23.2 Å². The summed E-state index contributed by atoms with van der Waals surface area (Å²) in [4.78, 5) is 3.98. The zero-order chi connectivity index (χ0) is 13.2. The molecule has 2 nitrogen and oxygen atoms in total. The lowest BCUT2D eigenvalue weighted by molar-refractivity contribution is -0.137. The average molecular weight is 261 g/mol. The van der Waals surface area contributed by atoms with Gasteiger partial charge < -0.3 is 4.74 Å². The summed E-state index contributed by atoms with van der Waals surface area (Å²) >= 11 is 0. The molecule has 0 N–H and O–H groups in total. The Balaban J connectivity index is 2.08. The van der Waals surface area contributed by atoms with E-state index in [4.69, 9.17) is 4.74 Å². The Kier molecular flexibility index (Phi) is 3.54. The van der Waals surface area contributed by atoms with Gasteiger partial charge in [0.05, 0.1) is 11.6 Å². The Bertz CT molecular complexity index is 456. The molecule has 0 bridgehead atoms. The quantitative estimate of drug-likeness (QED) is 0.766. The third-order valence-electron chi connectivity index (χ3n) is 2.69. The molecule has 2 rings (SSSR count). The largest absolute Gasteiger partial charge is 0.481 e. The second kappa shape index (κ2) is 4.96. The smallest absolute Gasteiger partial charge is 0.416 e. The highest BCUT2D eigenvalue weighted by molar-refractivity contribution is 5.48. The third-order valence-corrected chi connectivity index (χ3v) is 2.69. The van der Waals surface area contributed by atoms with Crippen LogP contribution < -0.4 is 0 Å². The van der Waals surface area contributed by atoms with Crippen LogP contribution in [0, 0.1) is 5.82 Å². The van der Waals surface area contributed by atoms with Crippen molar-refractivity contribution in [3.63, 3.8) is 0 Å². The molecule has 0 amide bonds. The van der Waals surface area contributed by atoms with Crippen molar-refractivity contribution >= 4 is 6.40 Å². The van der Waals surface area contributed by atoms with Crippen LogP contribution in [-0.2, 0) is 17.3 Å². The van der Waals surface area contributed by atoms with E-state index >= 15 is 0 Å². The van der Waals surface area contributed by atoms with E-state index in [2.05, 4.69) is 4.99 Å². The second-order valence-corrected chi connectivity index (χ2v) is 4.13. The molecule has 1 aromatic carbocycles. The molecule has 0 aromatic heterocycles. The minimum Gasteiger partial charge on any atom is -0.481 e. The molecule has 0 saturated carbocycles. The fourth-order valence-electron chi connectivity index (χ4n) is 1.78. The number of aliphatic imine (C=N–C) groups is 1. The van der Waals surface area contributed by atoms with Crippen molar-refractivity contribution in [1.29, 1.82) is 0 Å². The number of hydrogen-bond acceptors (Lipinski definition) is 2. The molecular formula is C12H11F4NO. The van der Waals surface area contributed by atoms with E-state index in [1.54, 1.807) is 0 Å². The van der Waals surface area contributed by atoms with Gasteiger partial charge in [-0.25, -0.2) is 4.39 Å². The SMILES string of the molecule is Fc1cc(CCC2COC=N2)cc(C(F)(F)F)c1. The van der Waals surface area contributed by atoms with E-state index in [9.17, 15) is 17.6 Å². The van der Waals surface area contributed by atoms with Crippen LogP contribution in [0.2, 0.25) is 0 Å². The number of ether oxygens (including phenoxy) is 1. The minimum absolute atomic E-state index is 0.0531. The van der Waals surface area contributed by atoms with E-state index in [1.165, 1.54) is 6.40 Å². The highest BCUT2D eigenvalue weighted by Gasteiger charge is 2.31. The van der Waals surface area contributed by atoms with Gasteiger partial charge >= 0.3 is 6.18 Å². The van der Waals surface area contributed by atoms with Crippen LogP contribution >= 0.6 is 0 Å². The summed E-state index contributed by atoms with van der Waals surface area (Å²) < 4.78 is 55.4. The molecule has 6 heteroatoms. The summed E-state index contributed by atoms with van der Waals surface area (Å²) in [7, 11) is 0. The minimum atomic E-state index is -4.52. The highest BCUT2D eigenvalue weighted by Crippen LogP contribution is 2.30. The number of halogens is 4. The molecule has 0 spiro atoms. The topological polar surface area (TPSA) is 21.6 Å². The van der Waals surface area contributed by atoms with Crippen molar-refractivity contribution in [2.45, 2.75) is 25.1 Å². The van der Waals surface area contributed by atoms with Gasteiger partial charge in [-0.1, -0.05) is 0 Å². The first kappa shape index (κ1) is 12.9. The number of benzene rings is 1. The number of rotatable bonds is 3. The number of nitrogens with zero attached hydrogens (tertiary/aromatic N) is 1. The van der Waals surface area contributed by atoms with Gasteiger partial charge in [-0.05, 0) is 36.6 Å². The normalized spacial score (nSPS) is 19.0. The predicted octanol–water partition coefficient (Wildman–Crippen LogP) is 3.20. The van der Waals surface area contributed by atoms with Crippen molar-refractivity contribution in [1.82, 2.24) is 0 Å². The lowest BCUT2D eigenvalue weighted by Gasteiger charge is -2.10. The summed E-state index contributed by atoms with van der Waals surface area (Å²) in [5.74, 6) is -0.869. The highest BCUT2D eigenvalue weighted by atomic mass is 19.4. The maximum absolute atomic E-state index is 13.1. The number of alkyl halides is 3. The molecule has 1 unspecified atom stereocenters. The monoisotopic (exact) mass is 261 g/mol. The van der Waals surface area contributed by atoms with Gasteiger partial charge in [-0.2, -0.15) is 13.2 Å². The maximum atomic E-state index is 13.1. The van der Waals surface area contributed by atoms with E-state index in [0.29, 0.717) is 31.1 Å². The van der Waals surface area contributed by atoms with E-state index in [1.807, 2.05) is 0 Å². The molecule has 1 atom stereocenters. The molecule has 0 radical (unpaired) electrons. The molecule has 0 fully saturated rings. The summed E-state index contributed by atoms with van der Waals surface area (Å²) in [5.41, 5.74) is -0.631. The molecule has 98 valence electrons. The van der Waals surface area contributed by atoms with Gasteiger partial charge in [-0.15, -0.1) is 0 Å². The first-order valence-corrected chi connectivity index (χ1v) is 5.45. The van der Waals surface area contributed by atoms with Crippen LogP contribution in [0.3, 0.4) is 0 Å². The molecule has 1 aromatic rings. The van der Waals surface area contributed by atoms with Crippen molar-refractivity contribution in [2.24, 2.45) is 4.99 Å². The number of aryl methyl sites for hydroxylation is 1. The Labute approximate surface area is 101 Å². The Morgan fingerprint density at radius 2 is 2.06 bits per heavy atom. The molecule has 1 aliphatic rings. The molecule has 1 heterocycles. The van der Waals surface area contributed by atoms with E-state index in [-0.39, 0.29) is 6.04 Å². The fraction of sp³-hybridized carbons (Fsp3) is 0.417. The Morgan fingerprint density at radius 1 is 1.28 bits per heavy atom. The van der Waals surface area contributed by atoms with Gasteiger partial charge in [0, 0.05) is 0 Å². The van der Waals surface area contributed by atoms with Gasteiger partial charge in [0.25, 0.3) is 0 Å². The summed E-state index contributed by atoms with van der Waals surface area (Å²) in [6.07, 6.45) is -2.31. The molecule has 0 saturated heterocycles. The van der Waals surface area contributed by atoms with E-state index < -0.39 is 17.6 Å². The van der Waals surface area contributed by atoms with Gasteiger partial charge in [0.15, 0.2) is 6.40 Å². The van der Waals surface area contributed by atoms with Crippen LogP contribution in [0.5, 0.6) is 0 Å². The summed E-state index contributed by atoms with van der Waals surface area (Å²) in [5, 5.41) is 0. The number of hydrogen-bond donors (Lipinski definition) is 0. The molecule has 1 aliphatic heterocycles.